The molecular weight excluding hydrogens is 216 g/mol. The molecule has 0 amide bonds. The Morgan fingerprint density at radius 2 is 2.18 bits per heavy atom. The summed E-state index contributed by atoms with van der Waals surface area (Å²) >= 11 is 0. The number of hydrogen-bond donors (Lipinski definition) is 1. The Kier molecular flexibility index (Phi) is 3.87. The summed E-state index contributed by atoms with van der Waals surface area (Å²) in [6.07, 6.45) is 0.710. The van der Waals surface area contributed by atoms with Crippen molar-refractivity contribution in [2.75, 3.05) is 18.6 Å². The predicted molar refractivity (Wildman–Crippen MR) is 66.1 cm³/mol. The largest absolute Gasteiger partial charge is 0.394 e. The molecule has 0 aliphatic rings. The van der Waals surface area contributed by atoms with E-state index in [0.29, 0.717) is 23.1 Å². The van der Waals surface area contributed by atoms with E-state index in [1.54, 1.807) is 18.2 Å². The van der Waals surface area contributed by atoms with E-state index < -0.39 is 5.54 Å². The minimum absolute atomic E-state index is 0.0240. The van der Waals surface area contributed by atoms with Gasteiger partial charge >= 0.3 is 0 Å². The molecule has 1 N–H and O–H groups in total. The third-order valence-corrected chi connectivity index (χ3v) is 2.93. The molecule has 0 spiro atoms. The number of aldehydes is 1. The lowest BCUT2D eigenvalue weighted by molar-refractivity contribution is 0.112. The number of carbonyl (C=O) groups excluding carboxylic acids is 1. The van der Waals surface area contributed by atoms with Crippen molar-refractivity contribution in [2.24, 2.45) is 0 Å². The van der Waals surface area contributed by atoms with E-state index >= 15 is 0 Å². The van der Waals surface area contributed by atoms with E-state index in [0.717, 1.165) is 0 Å². The zero-order valence-electron chi connectivity index (χ0n) is 10.3. The Morgan fingerprint density at radius 1 is 1.53 bits per heavy atom. The van der Waals surface area contributed by atoms with E-state index in [-0.39, 0.29) is 6.61 Å². The molecule has 0 saturated heterocycles. The number of likely N-dealkylation sites (N-methyl/N-ethyl adjacent to an activating group) is 1. The van der Waals surface area contributed by atoms with E-state index in [4.69, 9.17) is 5.26 Å². The topological polar surface area (TPSA) is 64.3 Å². The van der Waals surface area contributed by atoms with Crippen LogP contribution in [0, 0.1) is 11.3 Å². The smallest absolute Gasteiger partial charge is 0.150 e. The number of carbonyl (C=O) groups is 1. The second-order valence-corrected chi connectivity index (χ2v) is 4.54. The van der Waals surface area contributed by atoms with Crippen LogP contribution in [0.1, 0.15) is 29.8 Å². The van der Waals surface area contributed by atoms with Crippen molar-refractivity contribution in [3.8, 4) is 6.07 Å². The maximum absolute atomic E-state index is 10.6. The molecular formula is C13H16N2O2. The van der Waals surface area contributed by atoms with Crippen LogP contribution in [0.15, 0.2) is 18.2 Å². The van der Waals surface area contributed by atoms with Gasteiger partial charge < -0.3 is 10.0 Å². The van der Waals surface area contributed by atoms with Gasteiger partial charge in [-0.1, -0.05) is 0 Å². The third-order valence-electron chi connectivity index (χ3n) is 2.93. The average Bonchev–Trinajstić information content (AvgIpc) is 2.36. The van der Waals surface area contributed by atoms with Gasteiger partial charge in [-0.2, -0.15) is 5.26 Å². The van der Waals surface area contributed by atoms with Gasteiger partial charge in [0.2, 0.25) is 0 Å². The molecule has 0 unspecified atom stereocenters. The maximum atomic E-state index is 10.6. The van der Waals surface area contributed by atoms with E-state index in [1.807, 2.05) is 25.8 Å². The number of hydrogen-bond acceptors (Lipinski definition) is 4. The summed E-state index contributed by atoms with van der Waals surface area (Å²) in [5, 5.41) is 18.4. The highest BCUT2D eigenvalue weighted by Gasteiger charge is 2.24. The number of rotatable bonds is 4. The molecule has 0 radical (unpaired) electrons. The minimum atomic E-state index is -0.464. The molecule has 0 heterocycles. The fourth-order valence-electron chi connectivity index (χ4n) is 1.44. The highest BCUT2D eigenvalue weighted by Crippen LogP contribution is 2.26. The third kappa shape index (κ3) is 2.63. The molecule has 1 aromatic rings. The number of nitrogens with zero attached hydrogens (tertiary/aromatic N) is 2. The molecule has 0 aliphatic heterocycles. The quantitative estimate of drug-likeness (QED) is 0.800. The van der Waals surface area contributed by atoms with Crippen LogP contribution < -0.4 is 4.90 Å². The average molecular weight is 232 g/mol. The Labute approximate surface area is 101 Å². The van der Waals surface area contributed by atoms with Crippen LogP contribution in [0.5, 0.6) is 0 Å². The summed E-state index contributed by atoms with van der Waals surface area (Å²) in [6.45, 7) is 3.73. The van der Waals surface area contributed by atoms with Gasteiger partial charge in [0.05, 0.1) is 23.4 Å². The van der Waals surface area contributed by atoms with Gasteiger partial charge in [0, 0.05) is 12.6 Å². The lowest BCUT2D eigenvalue weighted by Crippen LogP contribution is -2.44. The normalized spacial score (nSPS) is 10.8. The van der Waals surface area contributed by atoms with Crippen LogP contribution in [-0.2, 0) is 0 Å². The summed E-state index contributed by atoms with van der Waals surface area (Å²) in [5.74, 6) is 0. The van der Waals surface area contributed by atoms with Crippen molar-refractivity contribution in [1.29, 1.82) is 5.26 Å². The zero-order valence-corrected chi connectivity index (χ0v) is 10.3. The van der Waals surface area contributed by atoms with Crippen molar-refractivity contribution in [2.45, 2.75) is 19.4 Å². The van der Waals surface area contributed by atoms with Crippen molar-refractivity contribution >= 4 is 12.0 Å². The van der Waals surface area contributed by atoms with Crippen molar-refractivity contribution in [3.05, 3.63) is 29.3 Å². The number of aliphatic hydroxyl groups excluding tert-OH is 1. The second kappa shape index (κ2) is 4.98. The number of anilines is 1. The monoisotopic (exact) mass is 232 g/mol. The molecule has 4 nitrogen and oxygen atoms in total. The standard InChI is InChI=1S/C13H16N2O2/c1-13(2,9-17)15(3)12-5-4-10(8-16)6-11(12)7-14/h4-6,8,17H,9H2,1-3H3. The lowest BCUT2D eigenvalue weighted by Gasteiger charge is -2.36. The SMILES string of the molecule is CN(c1ccc(C=O)cc1C#N)C(C)(C)CO. The zero-order chi connectivity index (χ0) is 13.1. The number of benzene rings is 1. The highest BCUT2D eigenvalue weighted by molar-refractivity contribution is 5.78. The van der Waals surface area contributed by atoms with Crippen LogP contribution >= 0.6 is 0 Å². The van der Waals surface area contributed by atoms with Crippen molar-refractivity contribution in [1.82, 2.24) is 0 Å². The summed E-state index contributed by atoms with van der Waals surface area (Å²) < 4.78 is 0. The summed E-state index contributed by atoms with van der Waals surface area (Å²) in [4.78, 5) is 12.5. The van der Waals surface area contributed by atoms with Crippen LogP contribution in [0.2, 0.25) is 0 Å². The highest BCUT2D eigenvalue weighted by atomic mass is 16.3. The van der Waals surface area contributed by atoms with Gasteiger partial charge in [0.25, 0.3) is 0 Å². The molecule has 0 fully saturated rings. The first kappa shape index (κ1) is 13.2. The number of aliphatic hydroxyl groups is 1. The Morgan fingerprint density at radius 3 is 2.65 bits per heavy atom. The summed E-state index contributed by atoms with van der Waals surface area (Å²) in [5.41, 5.74) is 1.14. The summed E-state index contributed by atoms with van der Waals surface area (Å²) in [6, 6.07) is 6.99. The van der Waals surface area contributed by atoms with Crippen LogP contribution in [0.25, 0.3) is 0 Å². The second-order valence-electron chi connectivity index (χ2n) is 4.54. The first-order chi connectivity index (χ1) is 7.96. The van der Waals surface area contributed by atoms with Gasteiger partial charge in [-0.25, -0.2) is 0 Å². The molecule has 90 valence electrons. The van der Waals surface area contributed by atoms with Crippen LogP contribution in [-0.4, -0.2) is 30.6 Å². The minimum Gasteiger partial charge on any atom is -0.394 e. The van der Waals surface area contributed by atoms with E-state index in [2.05, 4.69) is 6.07 Å². The molecule has 0 saturated carbocycles. The Balaban J connectivity index is 3.23. The predicted octanol–water partition coefficient (Wildman–Crippen LogP) is 1.58. The Hall–Kier alpha value is -1.86. The fourth-order valence-corrected chi connectivity index (χ4v) is 1.44. The van der Waals surface area contributed by atoms with Gasteiger partial charge in [-0.3, -0.25) is 4.79 Å². The molecule has 1 aromatic carbocycles. The first-order valence-electron chi connectivity index (χ1n) is 5.30. The molecule has 4 heteroatoms. The van der Waals surface area contributed by atoms with Gasteiger partial charge in [0.15, 0.2) is 0 Å². The Bertz CT molecular complexity index is 461. The van der Waals surface area contributed by atoms with Crippen molar-refractivity contribution in [3.63, 3.8) is 0 Å². The van der Waals surface area contributed by atoms with Crippen LogP contribution in [0.3, 0.4) is 0 Å². The van der Waals surface area contributed by atoms with Crippen molar-refractivity contribution < 1.29 is 9.90 Å². The van der Waals surface area contributed by atoms with E-state index in [9.17, 15) is 9.90 Å². The summed E-state index contributed by atoms with van der Waals surface area (Å²) in [7, 11) is 1.81. The molecule has 0 atom stereocenters. The maximum Gasteiger partial charge on any atom is 0.150 e. The molecule has 0 aliphatic carbocycles. The van der Waals surface area contributed by atoms with Gasteiger partial charge in [-0.05, 0) is 32.0 Å². The fraction of sp³-hybridized carbons (Fsp3) is 0.385. The first-order valence-corrected chi connectivity index (χ1v) is 5.30. The molecule has 0 bridgehead atoms. The van der Waals surface area contributed by atoms with Gasteiger partial charge in [-0.15, -0.1) is 0 Å². The molecule has 0 aromatic heterocycles. The molecule has 1 rings (SSSR count). The molecule has 17 heavy (non-hydrogen) atoms. The van der Waals surface area contributed by atoms with E-state index in [1.165, 1.54) is 0 Å². The lowest BCUT2D eigenvalue weighted by atomic mass is 10.0. The van der Waals surface area contributed by atoms with Crippen LogP contribution in [0.4, 0.5) is 5.69 Å². The van der Waals surface area contributed by atoms with Gasteiger partial charge in [0.1, 0.15) is 12.4 Å². The number of nitriles is 1.